The van der Waals surface area contributed by atoms with Crippen LogP contribution in [-0.4, -0.2) is 20.1 Å². The van der Waals surface area contributed by atoms with E-state index >= 15 is 0 Å². The van der Waals surface area contributed by atoms with Gasteiger partial charge in [0.1, 0.15) is 11.5 Å². The fourth-order valence-corrected chi connectivity index (χ4v) is 1.43. The Kier molecular flexibility index (Phi) is 2.18. The van der Waals surface area contributed by atoms with Gasteiger partial charge in [0, 0.05) is 6.20 Å². The molecule has 0 amide bonds. The van der Waals surface area contributed by atoms with Gasteiger partial charge in [-0.25, -0.2) is 4.98 Å². The molecule has 0 fully saturated rings. The molecule has 0 radical (unpaired) electrons. The monoisotopic (exact) mass is 228 g/mol. The van der Waals surface area contributed by atoms with Crippen LogP contribution in [0.2, 0.25) is 0 Å². The number of rotatable bonds is 2. The van der Waals surface area contributed by atoms with E-state index < -0.39 is 0 Å². The Morgan fingerprint density at radius 2 is 2.12 bits per heavy atom. The third-order valence-corrected chi connectivity index (χ3v) is 2.27. The molecule has 0 atom stereocenters. The van der Waals surface area contributed by atoms with Crippen molar-refractivity contribution in [2.24, 2.45) is 0 Å². The van der Waals surface area contributed by atoms with Crippen molar-refractivity contribution in [3.8, 4) is 23.1 Å². The SMILES string of the molecule is Cc1ocnc1-c1nc(-c2ccccn2)no1. The highest BCUT2D eigenvalue weighted by Crippen LogP contribution is 2.22. The summed E-state index contributed by atoms with van der Waals surface area (Å²) in [6.45, 7) is 1.78. The Morgan fingerprint density at radius 3 is 2.82 bits per heavy atom. The first-order chi connectivity index (χ1) is 8.34. The van der Waals surface area contributed by atoms with E-state index in [1.165, 1.54) is 6.39 Å². The lowest BCUT2D eigenvalue weighted by Gasteiger charge is -1.89. The largest absolute Gasteiger partial charge is 0.448 e. The predicted octanol–water partition coefficient (Wildman–Crippen LogP) is 2.10. The second kappa shape index (κ2) is 3.82. The summed E-state index contributed by atoms with van der Waals surface area (Å²) < 4.78 is 10.2. The Labute approximate surface area is 96.3 Å². The Balaban J connectivity index is 2.02. The highest BCUT2D eigenvalue weighted by Gasteiger charge is 2.15. The second-order valence-corrected chi connectivity index (χ2v) is 3.40. The lowest BCUT2D eigenvalue weighted by molar-refractivity contribution is 0.430. The lowest BCUT2D eigenvalue weighted by atomic mass is 10.3. The smallest absolute Gasteiger partial charge is 0.280 e. The van der Waals surface area contributed by atoms with Gasteiger partial charge in [0.15, 0.2) is 12.1 Å². The molecule has 0 aliphatic carbocycles. The van der Waals surface area contributed by atoms with Crippen molar-refractivity contribution in [2.75, 3.05) is 0 Å². The summed E-state index contributed by atoms with van der Waals surface area (Å²) in [6.07, 6.45) is 3.02. The number of hydrogen-bond acceptors (Lipinski definition) is 6. The quantitative estimate of drug-likeness (QED) is 0.668. The van der Waals surface area contributed by atoms with Gasteiger partial charge < -0.3 is 8.94 Å². The molecule has 3 aromatic heterocycles. The maximum absolute atomic E-state index is 5.12. The van der Waals surface area contributed by atoms with E-state index in [1.807, 2.05) is 18.2 Å². The summed E-state index contributed by atoms with van der Waals surface area (Å²) >= 11 is 0. The molecular formula is C11H8N4O2. The van der Waals surface area contributed by atoms with Crippen LogP contribution in [0, 0.1) is 6.92 Å². The first-order valence-electron chi connectivity index (χ1n) is 5.00. The number of nitrogens with zero attached hydrogens (tertiary/aromatic N) is 4. The molecule has 3 aromatic rings. The summed E-state index contributed by atoms with van der Waals surface area (Å²) in [5.41, 5.74) is 1.21. The Morgan fingerprint density at radius 1 is 1.18 bits per heavy atom. The van der Waals surface area contributed by atoms with Crippen molar-refractivity contribution in [2.45, 2.75) is 6.92 Å². The molecule has 0 saturated heterocycles. The van der Waals surface area contributed by atoms with E-state index in [9.17, 15) is 0 Å². The molecule has 84 valence electrons. The number of oxazole rings is 1. The van der Waals surface area contributed by atoms with Crippen LogP contribution in [0.25, 0.3) is 23.1 Å². The zero-order valence-electron chi connectivity index (χ0n) is 8.99. The van der Waals surface area contributed by atoms with Gasteiger partial charge in [0.05, 0.1) is 0 Å². The fourth-order valence-electron chi connectivity index (χ4n) is 1.43. The minimum atomic E-state index is 0.330. The minimum absolute atomic E-state index is 0.330. The number of pyridine rings is 1. The van der Waals surface area contributed by atoms with E-state index in [2.05, 4.69) is 20.1 Å². The van der Waals surface area contributed by atoms with Gasteiger partial charge in [0.2, 0.25) is 5.82 Å². The lowest BCUT2D eigenvalue weighted by Crippen LogP contribution is -1.84. The van der Waals surface area contributed by atoms with Gasteiger partial charge in [-0.1, -0.05) is 11.2 Å². The van der Waals surface area contributed by atoms with Crippen LogP contribution >= 0.6 is 0 Å². The molecular weight excluding hydrogens is 220 g/mol. The van der Waals surface area contributed by atoms with E-state index in [4.69, 9.17) is 8.94 Å². The van der Waals surface area contributed by atoms with Gasteiger partial charge >= 0.3 is 0 Å². The van der Waals surface area contributed by atoms with Gasteiger partial charge in [0.25, 0.3) is 5.89 Å². The number of aromatic nitrogens is 4. The van der Waals surface area contributed by atoms with Gasteiger partial charge in [-0.3, -0.25) is 4.98 Å². The Hall–Kier alpha value is -2.50. The Bertz CT molecular complexity index is 630. The molecule has 0 unspecified atom stereocenters. The van der Waals surface area contributed by atoms with Crippen molar-refractivity contribution >= 4 is 0 Å². The third-order valence-electron chi connectivity index (χ3n) is 2.27. The molecule has 0 aliphatic rings. The second-order valence-electron chi connectivity index (χ2n) is 3.40. The standard InChI is InChI=1S/C11H8N4O2/c1-7-9(13-6-16-7)11-14-10(15-17-11)8-4-2-3-5-12-8/h2-6H,1H3. The first-order valence-corrected chi connectivity index (χ1v) is 5.00. The van der Waals surface area contributed by atoms with Crippen LogP contribution in [0.5, 0.6) is 0 Å². The maximum Gasteiger partial charge on any atom is 0.280 e. The molecule has 0 spiro atoms. The molecule has 17 heavy (non-hydrogen) atoms. The third kappa shape index (κ3) is 1.69. The van der Waals surface area contributed by atoms with E-state index in [-0.39, 0.29) is 0 Å². The highest BCUT2D eigenvalue weighted by molar-refractivity contribution is 5.54. The van der Waals surface area contributed by atoms with Crippen molar-refractivity contribution in [3.63, 3.8) is 0 Å². The summed E-state index contributed by atoms with van der Waals surface area (Å²) in [6, 6.07) is 5.50. The number of hydrogen-bond donors (Lipinski definition) is 0. The normalized spacial score (nSPS) is 10.6. The first kappa shape index (κ1) is 9.71. The van der Waals surface area contributed by atoms with Crippen molar-refractivity contribution < 1.29 is 8.94 Å². The highest BCUT2D eigenvalue weighted by atomic mass is 16.5. The van der Waals surface area contributed by atoms with Crippen molar-refractivity contribution in [3.05, 3.63) is 36.5 Å². The van der Waals surface area contributed by atoms with Crippen LogP contribution in [0.15, 0.2) is 39.7 Å². The molecule has 3 rings (SSSR count). The van der Waals surface area contributed by atoms with Crippen LogP contribution in [0.4, 0.5) is 0 Å². The molecule has 3 heterocycles. The molecule has 0 N–H and O–H groups in total. The molecule has 0 aliphatic heterocycles. The fraction of sp³-hybridized carbons (Fsp3) is 0.0909. The molecule has 0 bridgehead atoms. The zero-order chi connectivity index (χ0) is 11.7. The van der Waals surface area contributed by atoms with E-state index in [0.29, 0.717) is 28.9 Å². The van der Waals surface area contributed by atoms with Crippen LogP contribution in [-0.2, 0) is 0 Å². The average Bonchev–Trinajstić information content (AvgIpc) is 2.98. The van der Waals surface area contributed by atoms with Crippen molar-refractivity contribution in [1.29, 1.82) is 0 Å². The van der Waals surface area contributed by atoms with Crippen LogP contribution in [0.1, 0.15) is 5.76 Å². The maximum atomic E-state index is 5.12. The summed E-state index contributed by atoms with van der Waals surface area (Å²) in [5.74, 6) is 1.40. The average molecular weight is 228 g/mol. The van der Waals surface area contributed by atoms with E-state index in [0.717, 1.165) is 0 Å². The molecule has 0 saturated carbocycles. The summed E-state index contributed by atoms with van der Waals surface area (Å²) in [7, 11) is 0. The van der Waals surface area contributed by atoms with E-state index in [1.54, 1.807) is 13.1 Å². The minimum Gasteiger partial charge on any atom is -0.448 e. The topological polar surface area (TPSA) is 77.8 Å². The molecule has 6 heteroatoms. The van der Waals surface area contributed by atoms with Gasteiger partial charge in [-0.05, 0) is 19.1 Å². The zero-order valence-corrected chi connectivity index (χ0v) is 8.99. The summed E-state index contributed by atoms with van der Waals surface area (Å²) in [5, 5.41) is 3.85. The number of aryl methyl sites for hydroxylation is 1. The molecule has 6 nitrogen and oxygen atoms in total. The van der Waals surface area contributed by atoms with Crippen molar-refractivity contribution in [1.82, 2.24) is 20.1 Å². The summed E-state index contributed by atoms with van der Waals surface area (Å²) in [4.78, 5) is 12.4. The van der Waals surface area contributed by atoms with Gasteiger partial charge in [-0.15, -0.1) is 0 Å². The van der Waals surface area contributed by atoms with Gasteiger partial charge in [-0.2, -0.15) is 4.98 Å². The van der Waals surface area contributed by atoms with Crippen LogP contribution in [0.3, 0.4) is 0 Å². The molecule has 0 aromatic carbocycles. The predicted molar refractivity (Wildman–Crippen MR) is 57.8 cm³/mol. The van der Waals surface area contributed by atoms with Crippen LogP contribution < -0.4 is 0 Å².